The van der Waals surface area contributed by atoms with E-state index < -0.39 is 0 Å². The van der Waals surface area contributed by atoms with Gasteiger partial charge in [0.05, 0.1) is 27.8 Å². The molecule has 4 heterocycles. The van der Waals surface area contributed by atoms with Gasteiger partial charge in [-0.15, -0.1) is 0 Å². The van der Waals surface area contributed by atoms with Gasteiger partial charge in [-0.2, -0.15) is 0 Å². The fourth-order valence-electron chi connectivity index (χ4n) is 5.52. The molecule has 160 valence electrons. The number of fused-ring (bicyclic) bond motifs is 5. The molecule has 4 aromatic rings. The van der Waals surface area contributed by atoms with Crippen LogP contribution in [-0.4, -0.2) is 72.2 Å². The molecule has 0 amide bonds. The smallest absolute Gasteiger partial charge is 0.0988 e. The summed E-state index contributed by atoms with van der Waals surface area (Å²) in [6.45, 7) is 9.27. The molecule has 2 aliphatic rings. The lowest BCUT2D eigenvalue weighted by Crippen LogP contribution is -2.45. The first-order valence-electron chi connectivity index (χ1n) is 11.7. The molecule has 0 atom stereocenters. The molecular formula is C26H31N5. The molecule has 1 saturated heterocycles. The van der Waals surface area contributed by atoms with E-state index in [4.69, 9.17) is 4.98 Å². The van der Waals surface area contributed by atoms with Crippen molar-refractivity contribution in [1.82, 2.24) is 19.4 Å². The summed E-state index contributed by atoms with van der Waals surface area (Å²) in [4.78, 5) is 12.9. The van der Waals surface area contributed by atoms with E-state index in [1.54, 1.807) is 0 Å². The standard InChI is InChI=1S/C26H31N5/c1-28-16-18-29(19-17-28)12-6-13-30-14-7-15-31-23-11-5-3-9-21(23)24-26(31)25(30)20-8-2-4-10-22(20)27-24/h2-5,8-11H,6-7,12-19H2,1H3. The van der Waals surface area contributed by atoms with Crippen LogP contribution in [0.3, 0.4) is 0 Å². The van der Waals surface area contributed by atoms with Crippen LogP contribution < -0.4 is 4.90 Å². The minimum Gasteiger partial charge on any atom is -0.369 e. The van der Waals surface area contributed by atoms with Gasteiger partial charge in [0.25, 0.3) is 0 Å². The Morgan fingerprint density at radius 3 is 2.45 bits per heavy atom. The van der Waals surface area contributed by atoms with Crippen LogP contribution >= 0.6 is 0 Å². The van der Waals surface area contributed by atoms with Crippen molar-refractivity contribution < 1.29 is 0 Å². The molecule has 0 radical (unpaired) electrons. The zero-order valence-corrected chi connectivity index (χ0v) is 18.4. The molecule has 2 aliphatic heterocycles. The van der Waals surface area contributed by atoms with E-state index in [2.05, 4.69) is 74.8 Å². The molecule has 2 aromatic carbocycles. The summed E-state index contributed by atoms with van der Waals surface area (Å²) in [5.41, 5.74) is 6.32. The second-order valence-electron chi connectivity index (χ2n) is 9.18. The number of hydrogen-bond acceptors (Lipinski definition) is 4. The summed E-state index contributed by atoms with van der Waals surface area (Å²) < 4.78 is 2.53. The van der Waals surface area contributed by atoms with Gasteiger partial charge in [0.2, 0.25) is 0 Å². The Kier molecular flexibility index (Phi) is 4.81. The van der Waals surface area contributed by atoms with E-state index in [1.807, 2.05) is 0 Å². The maximum Gasteiger partial charge on any atom is 0.0988 e. The quantitative estimate of drug-likeness (QED) is 0.501. The van der Waals surface area contributed by atoms with E-state index in [0.717, 1.165) is 30.7 Å². The van der Waals surface area contributed by atoms with Gasteiger partial charge in [-0.1, -0.05) is 36.4 Å². The Hall–Kier alpha value is -2.63. The van der Waals surface area contributed by atoms with Crippen molar-refractivity contribution in [2.45, 2.75) is 19.4 Å². The molecule has 0 aliphatic carbocycles. The minimum absolute atomic E-state index is 1.06. The highest BCUT2D eigenvalue weighted by molar-refractivity contribution is 6.16. The van der Waals surface area contributed by atoms with Gasteiger partial charge in [0.1, 0.15) is 0 Å². The summed E-state index contributed by atoms with van der Waals surface area (Å²) in [5, 5.41) is 2.57. The van der Waals surface area contributed by atoms with Crippen LogP contribution in [0, 0.1) is 0 Å². The number of aromatic nitrogens is 2. The number of anilines is 1. The highest BCUT2D eigenvalue weighted by atomic mass is 15.2. The molecule has 0 bridgehead atoms. The number of nitrogens with zero attached hydrogens (tertiary/aromatic N) is 5. The average molecular weight is 414 g/mol. The molecule has 1 fully saturated rings. The van der Waals surface area contributed by atoms with Gasteiger partial charge in [0.15, 0.2) is 0 Å². The lowest BCUT2D eigenvalue weighted by molar-refractivity contribution is 0.153. The summed E-state index contributed by atoms with van der Waals surface area (Å²) in [6.07, 6.45) is 2.38. The summed E-state index contributed by atoms with van der Waals surface area (Å²) in [5.74, 6) is 0. The number of para-hydroxylation sites is 2. The largest absolute Gasteiger partial charge is 0.369 e. The molecule has 0 saturated carbocycles. The van der Waals surface area contributed by atoms with Crippen molar-refractivity contribution in [3.8, 4) is 0 Å². The van der Waals surface area contributed by atoms with Gasteiger partial charge in [-0.25, -0.2) is 4.98 Å². The Morgan fingerprint density at radius 2 is 1.58 bits per heavy atom. The predicted octanol–water partition coefficient (Wildman–Crippen LogP) is 4.19. The Balaban J connectivity index is 1.41. The van der Waals surface area contributed by atoms with Gasteiger partial charge in [0, 0.05) is 56.6 Å². The third kappa shape index (κ3) is 3.27. The number of aryl methyl sites for hydroxylation is 1. The first-order valence-corrected chi connectivity index (χ1v) is 11.7. The van der Waals surface area contributed by atoms with Crippen LogP contribution in [0.5, 0.6) is 0 Å². The highest BCUT2D eigenvalue weighted by Gasteiger charge is 2.24. The van der Waals surface area contributed by atoms with Crippen molar-refractivity contribution in [2.24, 2.45) is 0 Å². The molecule has 0 N–H and O–H groups in total. The third-order valence-corrected chi connectivity index (χ3v) is 7.18. The predicted molar refractivity (Wildman–Crippen MR) is 130 cm³/mol. The third-order valence-electron chi connectivity index (χ3n) is 7.18. The fraction of sp³-hybridized carbons (Fsp3) is 0.423. The molecule has 31 heavy (non-hydrogen) atoms. The molecular weight excluding hydrogens is 382 g/mol. The van der Waals surface area contributed by atoms with E-state index in [0.29, 0.717) is 0 Å². The molecule has 5 nitrogen and oxygen atoms in total. The van der Waals surface area contributed by atoms with Crippen LogP contribution in [0.4, 0.5) is 5.69 Å². The van der Waals surface area contributed by atoms with E-state index >= 15 is 0 Å². The van der Waals surface area contributed by atoms with Crippen molar-refractivity contribution in [3.63, 3.8) is 0 Å². The van der Waals surface area contributed by atoms with Crippen LogP contribution in [0.1, 0.15) is 12.8 Å². The molecule has 5 heteroatoms. The maximum absolute atomic E-state index is 5.15. The Bertz CT molecular complexity index is 1230. The van der Waals surface area contributed by atoms with E-state index in [9.17, 15) is 0 Å². The monoisotopic (exact) mass is 413 g/mol. The average Bonchev–Trinajstić information content (AvgIpc) is 2.98. The Labute approximate surface area is 183 Å². The van der Waals surface area contributed by atoms with Crippen LogP contribution in [-0.2, 0) is 6.54 Å². The first-order chi connectivity index (χ1) is 15.3. The maximum atomic E-state index is 5.15. The van der Waals surface area contributed by atoms with Crippen molar-refractivity contribution >= 4 is 38.5 Å². The van der Waals surface area contributed by atoms with Crippen molar-refractivity contribution in [2.75, 3.05) is 57.8 Å². The fourth-order valence-corrected chi connectivity index (χ4v) is 5.52. The lowest BCUT2D eigenvalue weighted by Gasteiger charge is -2.33. The topological polar surface area (TPSA) is 27.5 Å². The summed E-state index contributed by atoms with van der Waals surface area (Å²) in [6, 6.07) is 17.5. The normalized spacial score (nSPS) is 18.3. The second-order valence-corrected chi connectivity index (χ2v) is 9.18. The van der Waals surface area contributed by atoms with Gasteiger partial charge < -0.3 is 19.3 Å². The number of rotatable bonds is 4. The number of benzene rings is 2. The van der Waals surface area contributed by atoms with Crippen LogP contribution in [0.2, 0.25) is 0 Å². The minimum atomic E-state index is 1.06. The number of likely N-dealkylation sites (N-methyl/N-ethyl adjacent to an activating group) is 1. The van der Waals surface area contributed by atoms with E-state index in [1.165, 1.54) is 73.1 Å². The SMILES string of the molecule is CN1CCN(CCCN2CCCn3c4ccccc4c4nc5ccccc5c2c43)CC1. The van der Waals surface area contributed by atoms with Gasteiger partial charge in [-0.05, 0) is 38.6 Å². The second kappa shape index (κ2) is 7.81. The number of pyridine rings is 1. The summed E-state index contributed by atoms with van der Waals surface area (Å²) in [7, 11) is 2.23. The Morgan fingerprint density at radius 1 is 0.806 bits per heavy atom. The van der Waals surface area contributed by atoms with Crippen LogP contribution in [0.25, 0.3) is 32.8 Å². The molecule has 0 unspecified atom stereocenters. The van der Waals surface area contributed by atoms with Gasteiger partial charge >= 0.3 is 0 Å². The van der Waals surface area contributed by atoms with Crippen molar-refractivity contribution in [1.29, 1.82) is 0 Å². The van der Waals surface area contributed by atoms with Crippen LogP contribution in [0.15, 0.2) is 48.5 Å². The number of piperazine rings is 1. The number of hydrogen-bond donors (Lipinski definition) is 0. The van der Waals surface area contributed by atoms with E-state index in [-0.39, 0.29) is 0 Å². The summed E-state index contributed by atoms with van der Waals surface area (Å²) >= 11 is 0. The molecule has 6 rings (SSSR count). The molecule has 0 spiro atoms. The zero-order chi connectivity index (χ0) is 20.8. The van der Waals surface area contributed by atoms with Gasteiger partial charge in [-0.3, -0.25) is 0 Å². The van der Waals surface area contributed by atoms with Crippen molar-refractivity contribution in [3.05, 3.63) is 48.5 Å². The highest BCUT2D eigenvalue weighted by Crippen LogP contribution is 2.40. The molecule has 2 aromatic heterocycles. The first kappa shape index (κ1) is 19.1. The lowest BCUT2D eigenvalue weighted by atomic mass is 10.1. The zero-order valence-electron chi connectivity index (χ0n) is 18.4.